The second-order valence-electron chi connectivity index (χ2n) is 9.63. The van der Waals surface area contributed by atoms with Gasteiger partial charge in [-0.25, -0.2) is 4.79 Å². The first-order chi connectivity index (χ1) is 17.0. The fourth-order valence-electron chi connectivity index (χ4n) is 5.12. The highest BCUT2D eigenvalue weighted by Crippen LogP contribution is 2.44. The van der Waals surface area contributed by atoms with Crippen molar-refractivity contribution in [2.24, 2.45) is 5.41 Å². The summed E-state index contributed by atoms with van der Waals surface area (Å²) in [6, 6.07) is 16.4. The van der Waals surface area contributed by atoms with E-state index in [9.17, 15) is 14.4 Å². The van der Waals surface area contributed by atoms with Crippen LogP contribution in [0.5, 0.6) is 0 Å². The Kier molecular flexibility index (Phi) is 8.06. The van der Waals surface area contributed by atoms with Crippen LogP contribution in [0.1, 0.15) is 68.4 Å². The van der Waals surface area contributed by atoms with Crippen molar-refractivity contribution in [3.05, 3.63) is 59.7 Å². The number of amides is 2. The summed E-state index contributed by atoms with van der Waals surface area (Å²) in [6.45, 7) is 1.09. The highest BCUT2D eigenvalue weighted by Gasteiger charge is 2.44. The number of carbonyl (C=O) groups excluding carboxylic acids is 2. The van der Waals surface area contributed by atoms with E-state index < -0.39 is 17.5 Å². The van der Waals surface area contributed by atoms with Crippen molar-refractivity contribution in [3.63, 3.8) is 0 Å². The summed E-state index contributed by atoms with van der Waals surface area (Å²) in [4.78, 5) is 35.9. The SMILES string of the molecule is O=C(O)CCCCCCNC(=O)C1(CNC(=O)OCC2c3ccccc3-c3ccccc32)CCC1. The minimum Gasteiger partial charge on any atom is -0.481 e. The van der Waals surface area contributed by atoms with Gasteiger partial charge in [0.2, 0.25) is 5.91 Å². The van der Waals surface area contributed by atoms with Crippen LogP contribution in [-0.4, -0.2) is 42.8 Å². The number of hydrogen-bond donors (Lipinski definition) is 3. The molecule has 4 rings (SSSR count). The van der Waals surface area contributed by atoms with Crippen LogP contribution in [0.15, 0.2) is 48.5 Å². The van der Waals surface area contributed by atoms with Gasteiger partial charge in [-0.2, -0.15) is 0 Å². The second-order valence-corrected chi connectivity index (χ2v) is 9.63. The molecular weight excluding hydrogens is 444 g/mol. The van der Waals surface area contributed by atoms with E-state index in [1.165, 1.54) is 22.3 Å². The molecule has 0 aliphatic heterocycles. The number of ether oxygens (including phenoxy) is 1. The topological polar surface area (TPSA) is 105 Å². The first kappa shape index (κ1) is 24.8. The Morgan fingerprint density at radius 3 is 2.11 bits per heavy atom. The maximum absolute atomic E-state index is 12.8. The Morgan fingerprint density at radius 1 is 0.886 bits per heavy atom. The minimum atomic E-state index is -0.769. The molecule has 1 fully saturated rings. The van der Waals surface area contributed by atoms with E-state index in [0.29, 0.717) is 13.0 Å². The number of nitrogens with one attached hydrogen (secondary N) is 2. The van der Waals surface area contributed by atoms with Crippen molar-refractivity contribution in [2.75, 3.05) is 19.7 Å². The number of hydrogen-bond acceptors (Lipinski definition) is 4. The van der Waals surface area contributed by atoms with E-state index in [1.54, 1.807) is 0 Å². The van der Waals surface area contributed by atoms with Crippen molar-refractivity contribution in [1.82, 2.24) is 10.6 Å². The molecule has 0 bridgehead atoms. The van der Waals surface area contributed by atoms with Gasteiger partial charge in [-0.05, 0) is 47.9 Å². The Hall–Kier alpha value is -3.35. The molecule has 2 aromatic rings. The Balaban J connectivity index is 1.22. The molecule has 0 radical (unpaired) electrons. The molecule has 0 atom stereocenters. The first-order valence-electron chi connectivity index (χ1n) is 12.6. The third-order valence-electron chi connectivity index (χ3n) is 7.31. The molecule has 7 nitrogen and oxygen atoms in total. The van der Waals surface area contributed by atoms with Gasteiger partial charge in [0.05, 0.1) is 5.41 Å². The summed E-state index contributed by atoms with van der Waals surface area (Å²) >= 11 is 0. The maximum Gasteiger partial charge on any atom is 0.407 e. The van der Waals surface area contributed by atoms with Gasteiger partial charge in [-0.15, -0.1) is 0 Å². The van der Waals surface area contributed by atoms with Gasteiger partial charge in [0.25, 0.3) is 0 Å². The van der Waals surface area contributed by atoms with Crippen molar-refractivity contribution in [3.8, 4) is 11.1 Å². The van der Waals surface area contributed by atoms with Gasteiger partial charge < -0.3 is 20.5 Å². The molecule has 7 heteroatoms. The number of fused-ring (bicyclic) bond motifs is 3. The summed E-state index contributed by atoms with van der Waals surface area (Å²) in [5.41, 5.74) is 4.14. The molecule has 186 valence electrons. The molecule has 2 amide bonds. The fraction of sp³-hybridized carbons (Fsp3) is 0.464. The van der Waals surface area contributed by atoms with Crippen molar-refractivity contribution < 1.29 is 24.2 Å². The molecular formula is C28H34N2O5. The van der Waals surface area contributed by atoms with Crippen LogP contribution in [-0.2, 0) is 14.3 Å². The number of rotatable bonds is 12. The van der Waals surface area contributed by atoms with Crippen LogP contribution < -0.4 is 10.6 Å². The average molecular weight is 479 g/mol. The van der Waals surface area contributed by atoms with Crippen molar-refractivity contribution in [1.29, 1.82) is 0 Å². The molecule has 0 heterocycles. The average Bonchev–Trinajstić information content (AvgIpc) is 3.15. The predicted octanol–water partition coefficient (Wildman–Crippen LogP) is 4.85. The predicted molar refractivity (Wildman–Crippen MR) is 133 cm³/mol. The van der Waals surface area contributed by atoms with E-state index >= 15 is 0 Å². The van der Waals surface area contributed by atoms with Gasteiger partial charge in [0.1, 0.15) is 6.61 Å². The molecule has 0 unspecified atom stereocenters. The lowest BCUT2D eigenvalue weighted by molar-refractivity contribution is -0.137. The largest absolute Gasteiger partial charge is 0.481 e. The molecule has 1 saturated carbocycles. The summed E-state index contributed by atoms with van der Waals surface area (Å²) in [6.07, 6.45) is 5.38. The van der Waals surface area contributed by atoms with Gasteiger partial charge in [0.15, 0.2) is 0 Å². The lowest BCUT2D eigenvalue weighted by Gasteiger charge is -2.40. The Bertz CT molecular complexity index is 1020. The summed E-state index contributed by atoms with van der Waals surface area (Å²) in [5.74, 6) is -0.785. The lowest BCUT2D eigenvalue weighted by atomic mass is 9.68. The molecule has 0 aromatic heterocycles. The zero-order chi connectivity index (χ0) is 24.7. The third kappa shape index (κ3) is 5.84. The number of carbonyl (C=O) groups is 3. The number of carboxylic acid groups (broad SMARTS) is 1. The van der Waals surface area contributed by atoms with Crippen LogP contribution in [0.2, 0.25) is 0 Å². The van der Waals surface area contributed by atoms with Gasteiger partial charge in [-0.3, -0.25) is 9.59 Å². The van der Waals surface area contributed by atoms with Crippen molar-refractivity contribution >= 4 is 18.0 Å². The van der Waals surface area contributed by atoms with Crippen LogP contribution in [0, 0.1) is 5.41 Å². The number of aliphatic carboxylic acids is 1. The molecule has 2 aliphatic carbocycles. The monoisotopic (exact) mass is 478 g/mol. The lowest BCUT2D eigenvalue weighted by Crippen LogP contribution is -2.52. The highest BCUT2D eigenvalue weighted by atomic mass is 16.5. The van der Waals surface area contributed by atoms with E-state index in [0.717, 1.165) is 38.5 Å². The first-order valence-corrected chi connectivity index (χ1v) is 12.6. The van der Waals surface area contributed by atoms with Crippen molar-refractivity contribution in [2.45, 2.75) is 57.3 Å². The second kappa shape index (κ2) is 11.4. The number of benzene rings is 2. The maximum atomic E-state index is 12.8. The number of alkyl carbamates (subject to hydrolysis) is 1. The minimum absolute atomic E-state index is 0.00427. The molecule has 35 heavy (non-hydrogen) atoms. The van der Waals surface area contributed by atoms with Crippen LogP contribution in [0.25, 0.3) is 11.1 Å². The van der Waals surface area contributed by atoms with Crippen LogP contribution in [0.4, 0.5) is 4.79 Å². The quantitative estimate of drug-likeness (QED) is 0.379. The van der Waals surface area contributed by atoms with E-state index in [-0.39, 0.29) is 31.4 Å². The molecule has 0 saturated heterocycles. The summed E-state index contributed by atoms with van der Waals surface area (Å²) in [5, 5.41) is 14.5. The molecule has 0 spiro atoms. The number of carboxylic acids is 1. The van der Waals surface area contributed by atoms with Gasteiger partial charge in [0, 0.05) is 25.4 Å². The van der Waals surface area contributed by atoms with Gasteiger partial charge >= 0.3 is 12.1 Å². The standard InChI is InChI=1S/C28H34N2O5/c31-25(32)14-3-1-2-8-17-29-26(33)28(15-9-16-28)19-30-27(34)35-18-24-22-12-6-4-10-20(22)21-11-5-7-13-23(21)24/h4-7,10-13,24H,1-3,8-9,14-19H2,(H,29,33)(H,30,34)(H,31,32). The van der Waals surface area contributed by atoms with E-state index in [4.69, 9.17) is 9.84 Å². The molecule has 2 aromatic carbocycles. The number of unbranched alkanes of at least 4 members (excludes halogenated alkanes) is 3. The molecule has 3 N–H and O–H groups in total. The van der Waals surface area contributed by atoms with Crippen LogP contribution >= 0.6 is 0 Å². The Morgan fingerprint density at radius 2 is 1.51 bits per heavy atom. The van der Waals surface area contributed by atoms with E-state index in [2.05, 4.69) is 34.9 Å². The summed E-state index contributed by atoms with van der Waals surface area (Å²) in [7, 11) is 0. The zero-order valence-corrected chi connectivity index (χ0v) is 20.1. The zero-order valence-electron chi connectivity index (χ0n) is 20.1. The fourth-order valence-corrected chi connectivity index (χ4v) is 5.12. The molecule has 2 aliphatic rings. The third-order valence-corrected chi connectivity index (χ3v) is 7.31. The van der Waals surface area contributed by atoms with Crippen LogP contribution in [0.3, 0.4) is 0 Å². The smallest absolute Gasteiger partial charge is 0.407 e. The highest BCUT2D eigenvalue weighted by molar-refractivity contribution is 5.84. The normalized spacial score (nSPS) is 15.4. The van der Waals surface area contributed by atoms with Gasteiger partial charge in [-0.1, -0.05) is 67.8 Å². The summed E-state index contributed by atoms with van der Waals surface area (Å²) < 4.78 is 5.61. The van der Waals surface area contributed by atoms with E-state index in [1.807, 2.05) is 24.3 Å². The Labute approximate surface area is 206 Å².